The lowest BCUT2D eigenvalue weighted by atomic mass is 9.89. The predicted octanol–water partition coefficient (Wildman–Crippen LogP) is 2.71. The molecule has 1 saturated heterocycles. The van der Waals surface area contributed by atoms with E-state index in [1.54, 1.807) is 18.2 Å². The van der Waals surface area contributed by atoms with Gasteiger partial charge in [0.25, 0.3) is 5.91 Å². The lowest BCUT2D eigenvalue weighted by Crippen LogP contribution is -2.59. The molecule has 1 aliphatic heterocycles. The van der Waals surface area contributed by atoms with Crippen molar-refractivity contribution in [3.8, 4) is 34.3 Å². The summed E-state index contributed by atoms with van der Waals surface area (Å²) < 4.78 is 33.9. The van der Waals surface area contributed by atoms with Gasteiger partial charge >= 0.3 is 0 Å². The molecule has 12 nitrogen and oxygen atoms in total. The fraction of sp³-hybridized carbons (Fsp3) is 0.484. The van der Waals surface area contributed by atoms with Crippen molar-refractivity contribution in [2.75, 3.05) is 35.0 Å². The fourth-order valence-electron chi connectivity index (χ4n) is 5.26. The van der Waals surface area contributed by atoms with Crippen LogP contribution in [0.5, 0.6) is 23.0 Å². The maximum Gasteiger partial charge on any atom is 0.251 e. The van der Waals surface area contributed by atoms with Crippen LogP contribution in [0.25, 0.3) is 22.3 Å². The second-order valence-electron chi connectivity index (χ2n) is 10.2. The molecule has 234 valence electrons. The molecule has 2 aromatic carbocycles. The summed E-state index contributed by atoms with van der Waals surface area (Å²) in [6.45, 7) is 2.44. The number of aliphatic hydroxyl groups is 3. The summed E-state index contributed by atoms with van der Waals surface area (Å²) in [5.41, 5.74) is 0.259. The van der Waals surface area contributed by atoms with Crippen molar-refractivity contribution in [1.82, 2.24) is 5.32 Å². The van der Waals surface area contributed by atoms with E-state index in [0.717, 1.165) is 25.7 Å². The smallest absolute Gasteiger partial charge is 0.251 e. The monoisotopic (exact) mass is 601 g/mol. The van der Waals surface area contributed by atoms with Crippen LogP contribution in [0.15, 0.2) is 39.5 Å². The third-order valence-corrected chi connectivity index (χ3v) is 7.55. The van der Waals surface area contributed by atoms with Gasteiger partial charge in [0, 0.05) is 24.2 Å². The summed E-state index contributed by atoms with van der Waals surface area (Å²) >= 11 is 0. The predicted molar refractivity (Wildman–Crippen MR) is 157 cm³/mol. The zero-order chi connectivity index (χ0) is 31.3. The molecule has 4 rings (SSSR count). The molecule has 0 radical (unpaired) electrons. The van der Waals surface area contributed by atoms with E-state index in [0.29, 0.717) is 23.6 Å². The molecule has 0 saturated carbocycles. The number of methoxy groups -OCH3 is 4. The first kappa shape index (κ1) is 32.1. The highest BCUT2D eigenvalue weighted by Gasteiger charge is 2.49. The summed E-state index contributed by atoms with van der Waals surface area (Å²) in [5, 5.41) is 35.1. The molecule has 43 heavy (non-hydrogen) atoms. The summed E-state index contributed by atoms with van der Waals surface area (Å²) in [5.74, 6) is 0.606. The van der Waals surface area contributed by atoms with E-state index in [1.807, 2.05) is 0 Å². The normalized spacial score (nSPS) is 21.8. The molecule has 1 aliphatic rings. The topological polar surface area (TPSA) is 166 Å². The molecule has 0 bridgehead atoms. The van der Waals surface area contributed by atoms with Gasteiger partial charge in [0.05, 0.1) is 34.0 Å². The number of carbonyl (C=O) groups excluding carboxylic acids is 1. The Morgan fingerprint density at radius 1 is 0.860 bits per heavy atom. The Balaban J connectivity index is 1.76. The first-order valence-corrected chi connectivity index (χ1v) is 14.1. The lowest BCUT2D eigenvalue weighted by molar-refractivity contribution is -0.223. The van der Waals surface area contributed by atoms with E-state index in [9.17, 15) is 24.9 Å². The number of hydrogen-bond acceptors (Lipinski definition) is 11. The minimum absolute atomic E-state index is 0.0239. The Morgan fingerprint density at radius 2 is 1.58 bits per heavy atom. The molecule has 12 heteroatoms. The van der Waals surface area contributed by atoms with Crippen molar-refractivity contribution in [1.29, 1.82) is 0 Å². The SMILES string of the molecule is CCCCCCNC(=O)C1OC(c2c(OC)cc3oc(-c4ccc(OC)c(OC)c4)cc(=O)c3c2OC)C(O)C(O)C1O. The van der Waals surface area contributed by atoms with Gasteiger partial charge in [0.1, 0.15) is 52.6 Å². The van der Waals surface area contributed by atoms with E-state index >= 15 is 0 Å². The quantitative estimate of drug-likeness (QED) is 0.226. The van der Waals surface area contributed by atoms with Crippen molar-refractivity contribution in [3.63, 3.8) is 0 Å². The van der Waals surface area contributed by atoms with Crippen molar-refractivity contribution >= 4 is 16.9 Å². The second kappa shape index (κ2) is 14.1. The molecule has 5 atom stereocenters. The summed E-state index contributed by atoms with van der Waals surface area (Å²) in [6, 6.07) is 7.78. The van der Waals surface area contributed by atoms with Crippen LogP contribution < -0.4 is 29.7 Å². The molecule has 1 aromatic heterocycles. The zero-order valence-electron chi connectivity index (χ0n) is 24.9. The third kappa shape index (κ3) is 6.42. The van der Waals surface area contributed by atoms with Gasteiger partial charge in [-0.3, -0.25) is 9.59 Å². The van der Waals surface area contributed by atoms with Gasteiger partial charge in [-0.25, -0.2) is 0 Å². The van der Waals surface area contributed by atoms with Crippen molar-refractivity contribution in [3.05, 3.63) is 46.1 Å². The number of rotatable bonds is 12. The molecule has 0 aliphatic carbocycles. The summed E-state index contributed by atoms with van der Waals surface area (Å²) in [6.07, 6.45) is -4.33. The third-order valence-electron chi connectivity index (χ3n) is 7.55. The maximum absolute atomic E-state index is 13.5. The van der Waals surface area contributed by atoms with Gasteiger partial charge in [-0.05, 0) is 24.6 Å². The highest BCUT2D eigenvalue weighted by atomic mass is 16.5. The van der Waals surface area contributed by atoms with Gasteiger partial charge in [0.2, 0.25) is 0 Å². The van der Waals surface area contributed by atoms with Gasteiger partial charge < -0.3 is 48.7 Å². The average Bonchev–Trinajstić information content (AvgIpc) is 3.02. The zero-order valence-corrected chi connectivity index (χ0v) is 24.9. The number of aliphatic hydroxyl groups excluding tert-OH is 3. The van der Waals surface area contributed by atoms with E-state index in [4.69, 9.17) is 28.1 Å². The average molecular weight is 602 g/mol. The van der Waals surface area contributed by atoms with Gasteiger partial charge in [-0.2, -0.15) is 0 Å². The Morgan fingerprint density at radius 3 is 2.23 bits per heavy atom. The highest BCUT2D eigenvalue weighted by molar-refractivity contribution is 5.89. The minimum Gasteiger partial charge on any atom is -0.496 e. The van der Waals surface area contributed by atoms with Crippen LogP contribution in [-0.4, -0.2) is 80.6 Å². The maximum atomic E-state index is 13.5. The first-order valence-electron chi connectivity index (χ1n) is 14.1. The fourth-order valence-corrected chi connectivity index (χ4v) is 5.26. The number of amides is 1. The van der Waals surface area contributed by atoms with Crippen LogP contribution >= 0.6 is 0 Å². The Kier molecular flexibility index (Phi) is 10.5. The van der Waals surface area contributed by atoms with E-state index in [-0.39, 0.29) is 33.8 Å². The van der Waals surface area contributed by atoms with E-state index in [2.05, 4.69) is 12.2 Å². The molecular weight excluding hydrogens is 562 g/mol. The van der Waals surface area contributed by atoms with Crippen LogP contribution in [0.2, 0.25) is 0 Å². The number of hydrogen-bond donors (Lipinski definition) is 4. The molecule has 3 aromatic rings. The van der Waals surface area contributed by atoms with Crippen LogP contribution in [0.1, 0.15) is 44.3 Å². The number of nitrogens with one attached hydrogen (secondary N) is 1. The second-order valence-corrected chi connectivity index (χ2v) is 10.2. The van der Waals surface area contributed by atoms with E-state index in [1.165, 1.54) is 40.6 Å². The lowest BCUT2D eigenvalue weighted by Gasteiger charge is -2.40. The van der Waals surface area contributed by atoms with E-state index < -0.39 is 41.9 Å². The van der Waals surface area contributed by atoms with Crippen LogP contribution in [0.3, 0.4) is 0 Å². The molecule has 2 heterocycles. The first-order chi connectivity index (χ1) is 20.7. The van der Waals surface area contributed by atoms with Gasteiger partial charge in [-0.1, -0.05) is 26.2 Å². The molecule has 5 unspecified atom stereocenters. The summed E-state index contributed by atoms with van der Waals surface area (Å²) in [7, 11) is 5.69. The van der Waals surface area contributed by atoms with Crippen LogP contribution in [-0.2, 0) is 9.53 Å². The van der Waals surface area contributed by atoms with Gasteiger partial charge in [0.15, 0.2) is 23.0 Å². The number of benzene rings is 2. The Labute approximate surface area is 249 Å². The van der Waals surface area contributed by atoms with Crippen LogP contribution in [0.4, 0.5) is 0 Å². The number of carbonyl (C=O) groups is 1. The molecule has 1 fully saturated rings. The minimum atomic E-state index is -1.75. The molecule has 1 amide bonds. The number of fused-ring (bicyclic) bond motifs is 1. The Bertz CT molecular complexity index is 1490. The standard InChI is InChI=1S/C31H39NO11/c1-6-7-8-9-12-32-31(37)30-27(36)25(34)26(35)29(43-30)24-21(40-4)15-22-23(28(24)41-5)17(33)14-19(42-22)16-10-11-18(38-2)20(13-16)39-3/h10-11,13-15,25-27,29-30,34-36H,6-9,12H2,1-5H3,(H,32,37). The largest absolute Gasteiger partial charge is 0.496 e. The molecular formula is C31H39NO11. The van der Waals surface area contributed by atoms with Gasteiger partial charge in [-0.15, -0.1) is 0 Å². The van der Waals surface area contributed by atoms with Crippen molar-refractivity contribution in [2.24, 2.45) is 0 Å². The molecule has 4 N–H and O–H groups in total. The number of ether oxygens (including phenoxy) is 5. The van der Waals surface area contributed by atoms with Crippen LogP contribution in [0, 0.1) is 0 Å². The van der Waals surface area contributed by atoms with Crippen molar-refractivity contribution in [2.45, 2.75) is 63.1 Å². The molecule has 0 spiro atoms. The summed E-state index contributed by atoms with van der Waals surface area (Å²) in [4.78, 5) is 26.5. The van der Waals surface area contributed by atoms with Crippen molar-refractivity contribution < 1.29 is 48.2 Å². The number of unbranched alkanes of at least 4 members (excludes halogenated alkanes) is 3. The highest BCUT2D eigenvalue weighted by Crippen LogP contribution is 2.46. The Hall–Kier alpha value is -3.84.